The molecule has 4 N–H and O–H groups in total. The Bertz CT molecular complexity index is 433. The number of primary amides is 1. The molecule has 18 heavy (non-hydrogen) atoms. The number of piperidine rings is 1. The molecule has 1 saturated heterocycles. The summed E-state index contributed by atoms with van der Waals surface area (Å²) in [7, 11) is 0. The van der Waals surface area contributed by atoms with E-state index in [1.165, 1.54) is 0 Å². The molecule has 0 bridgehead atoms. The number of amides is 1. The Hall–Kier alpha value is -1.39. The fraction of sp³-hybridized carbons (Fsp3) is 0.500. The summed E-state index contributed by atoms with van der Waals surface area (Å²) < 4.78 is 0. The van der Waals surface area contributed by atoms with Crippen LogP contribution in [0.25, 0.3) is 0 Å². The van der Waals surface area contributed by atoms with E-state index in [2.05, 4.69) is 11.8 Å². The molecule has 98 valence electrons. The van der Waals surface area contributed by atoms with E-state index in [9.17, 15) is 4.79 Å². The highest BCUT2D eigenvalue weighted by molar-refractivity contribution is 5.94. The van der Waals surface area contributed by atoms with Crippen LogP contribution in [0.5, 0.6) is 0 Å². The lowest BCUT2D eigenvalue weighted by molar-refractivity contribution is 0.0996. The van der Waals surface area contributed by atoms with Gasteiger partial charge in [0.2, 0.25) is 5.91 Å². The second kappa shape index (κ2) is 5.50. The summed E-state index contributed by atoms with van der Waals surface area (Å²) in [6.07, 6.45) is 1.01. The second-order valence-corrected chi connectivity index (χ2v) is 5.19. The van der Waals surface area contributed by atoms with Crippen LogP contribution in [0.4, 0.5) is 0 Å². The third-order valence-corrected chi connectivity index (χ3v) is 3.73. The van der Waals surface area contributed by atoms with Crippen molar-refractivity contribution in [2.45, 2.75) is 25.9 Å². The minimum Gasteiger partial charge on any atom is -0.366 e. The third-order valence-electron chi connectivity index (χ3n) is 3.73. The van der Waals surface area contributed by atoms with Crippen LogP contribution in [-0.2, 0) is 6.54 Å². The monoisotopic (exact) mass is 247 g/mol. The molecule has 2 rings (SSSR count). The molecule has 0 aliphatic carbocycles. The number of hydrogen-bond donors (Lipinski definition) is 2. The van der Waals surface area contributed by atoms with Crippen LogP contribution in [0.1, 0.15) is 29.3 Å². The molecule has 1 heterocycles. The highest BCUT2D eigenvalue weighted by Crippen LogP contribution is 2.18. The molecule has 1 fully saturated rings. The van der Waals surface area contributed by atoms with Crippen LogP contribution in [0.15, 0.2) is 24.3 Å². The molecule has 1 amide bonds. The predicted molar refractivity (Wildman–Crippen MR) is 72.0 cm³/mol. The van der Waals surface area contributed by atoms with Crippen molar-refractivity contribution in [1.29, 1.82) is 0 Å². The van der Waals surface area contributed by atoms with Crippen molar-refractivity contribution in [3.05, 3.63) is 35.4 Å². The van der Waals surface area contributed by atoms with Crippen LogP contribution in [-0.4, -0.2) is 29.9 Å². The molecule has 4 heteroatoms. The Labute approximate surface area is 108 Å². The van der Waals surface area contributed by atoms with Gasteiger partial charge in [0.15, 0.2) is 0 Å². The average Bonchev–Trinajstić information content (AvgIpc) is 2.34. The van der Waals surface area contributed by atoms with Gasteiger partial charge in [-0.3, -0.25) is 9.69 Å². The summed E-state index contributed by atoms with van der Waals surface area (Å²) in [4.78, 5) is 13.7. The predicted octanol–water partition coefficient (Wildman–Crippen LogP) is 0.955. The first kappa shape index (κ1) is 13.1. The van der Waals surface area contributed by atoms with E-state index in [-0.39, 0.29) is 5.91 Å². The molecule has 0 radical (unpaired) electrons. The first-order valence-corrected chi connectivity index (χ1v) is 6.43. The van der Waals surface area contributed by atoms with E-state index in [0.29, 0.717) is 17.5 Å². The number of carbonyl (C=O) groups is 1. The fourth-order valence-corrected chi connectivity index (χ4v) is 2.53. The maximum atomic E-state index is 11.4. The Balaban J connectivity index is 2.08. The maximum absolute atomic E-state index is 11.4. The van der Waals surface area contributed by atoms with Gasteiger partial charge in [0, 0.05) is 24.7 Å². The van der Waals surface area contributed by atoms with Gasteiger partial charge < -0.3 is 11.5 Å². The maximum Gasteiger partial charge on any atom is 0.249 e. The molecule has 0 aromatic heterocycles. The summed E-state index contributed by atoms with van der Waals surface area (Å²) in [5, 5.41) is 0. The summed E-state index contributed by atoms with van der Waals surface area (Å²) >= 11 is 0. The number of nitrogens with zero attached hydrogens (tertiary/aromatic N) is 1. The average molecular weight is 247 g/mol. The molecule has 1 aromatic carbocycles. The van der Waals surface area contributed by atoms with Crippen molar-refractivity contribution >= 4 is 5.91 Å². The summed E-state index contributed by atoms with van der Waals surface area (Å²) in [5.74, 6) is 0.145. The second-order valence-electron chi connectivity index (χ2n) is 5.19. The molecular weight excluding hydrogens is 226 g/mol. The molecular formula is C14H21N3O. The van der Waals surface area contributed by atoms with E-state index >= 15 is 0 Å². The lowest BCUT2D eigenvalue weighted by Crippen LogP contribution is -2.45. The molecule has 2 atom stereocenters. The SMILES string of the molecule is CC1CN(Cc2ccccc2C(N)=O)CCC1N. The Morgan fingerprint density at radius 3 is 2.83 bits per heavy atom. The van der Waals surface area contributed by atoms with Gasteiger partial charge in [-0.1, -0.05) is 25.1 Å². The summed E-state index contributed by atoms with van der Waals surface area (Å²) in [6.45, 7) is 4.92. The molecule has 1 aromatic rings. The van der Waals surface area contributed by atoms with Crippen LogP contribution < -0.4 is 11.5 Å². The Morgan fingerprint density at radius 1 is 1.44 bits per heavy atom. The number of likely N-dealkylation sites (tertiary alicyclic amines) is 1. The third kappa shape index (κ3) is 2.89. The minimum atomic E-state index is -0.354. The minimum absolute atomic E-state index is 0.299. The van der Waals surface area contributed by atoms with Crippen LogP contribution in [0.2, 0.25) is 0 Å². The smallest absolute Gasteiger partial charge is 0.249 e. The van der Waals surface area contributed by atoms with Crippen molar-refractivity contribution in [3.8, 4) is 0 Å². The number of benzene rings is 1. The first-order chi connectivity index (χ1) is 8.58. The highest BCUT2D eigenvalue weighted by Gasteiger charge is 2.23. The quantitative estimate of drug-likeness (QED) is 0.835. The van der Waals surface area contributed by atoms with E-state index in [0.717, 1.165) is 31.6 Å². The van der Waals surface area contributed by atoms with Crippen molar-refractivity contribution in [1.82, 2.24) is 4.90 Å². The molecule has 0 saturated carbocycles. The van der Waals surface area contributed by atoms with Gasteiger partial charge in [0.25, 0.3) is 0 Å². The normalized spacial score (nSPS) is 25.0. The van der Waals surface area contributed by atoms with Crippen molar-refractivity contribution < 1.29 is 4.79 Å². The first-order valence-electron chi connectivity index (χ1n) is 6.43. The molecule has 2 unspecified atom stereocenters. The van der Waals surface area contributed by atoms with Gasteiger partial charge >= 0.3 is 0 Å². The van der Waals surface area contributed by atoms with Crippen LogP contribution in [0, 0.1) is 5.92 Å². The van der Waals surface area contributed by atoms with E-state index in [1.807, 2.05) is 18.2 Å². The lowest BCUT2D eigenvalue weighted by Gasteiger charge is -2.35. The van der Waals surface area contributed by atoms with Crippen molar-refractivity contribution in [2.24, 2.45) is 17.4 Å². The van der Waals surface area contributed by atoms with Gasteiger partial charge in [0.1, 0.15) is 0 Å². The molecule has 1 aliphatic rings. The summed E-state index contributed by atoms with van der Waals surface area (Å²) in [5.41, 5.74) is 13.0. The van der Waals surface area contributed by atoms with E-state index in [4.69, 9.17) is 11.5 Å². The van der Waals surface area contributed by atoms with Gasteiger partial charge in [0.05, 0.1) is 0 Å². The van der Waals surface area contributed by atoms with Gasteiger partial charge in [-0.2, -0.15) is 0 Å². The number of hydrogen-bond acceptors (Lipinski definition) is 3. The van der Waals surface area contributed by atoms with Gasteiger partial charge in [-0.25, -0.2) is 0 Å². The van der Waals surface area contributed by atoms with E-state index in [1.54, 1.807) is 6.07 Å². The molecule has 0 spiro atoms. The van der Waals surface area contributed by atoms with Crippen molar-refractivity contribution in [2.75, 3.05) is 13.1 Å². The highest BCUT2D eigenvalue weighted by atomic mass is 16.1. The van der Waals surface area contributed by atoms with Crippen LogP contribution >= 0.6 is 0 Å². The summed E-state index contributed by atoms with van der Waals surface area (Å²) in [6, 6.07) is 7.85. The Kier molecular flexibility index (Phi) is 3.99. The number of rotatable bonds is 3. The zero-order chi connectivity index (χ0) is 13.1. The largest absolute Gasteiger partial charge is 0.366 e. The number of carbonyl (C=O) groups excluding carboxylic acids is 1. The molecule has 4 nitrogen and oxygen atoms in total. The standard InChI is InChI=1S/C14H21N3O/c1-10-8-17(7-6-13(10)15)9-11-4-2-3-5-12(11)14(16)18/h2-5,10,13H,6-9,15H2,1H3,(H2,16,18). The lowest BCUT2D eigenvalue weighted by atomic mass is 9.94. The van der Waals surface area contributed by atoms with Gasteiger partial charge in [-0.05, 0) is 30.5 Å². The van der Waals surface area contributed by atoms with Crippen molar-refractivity contribution in [3.63, 3.8) is 0 Å². The zero-order valence-corrected chi connectivity index (χ0v) is 10.8. The van der Waals surface area contributed by atoms with E-state index < -0.39 is 0 Å². The molecule has 1 aliphatic heterocycles. The fourth-order valence-electron chi connectivity index (χ4n) is 2.53. The Morgan fingerprint density at radius 2 is 2.17 bits per heavy atom. The zero-order valence-electron chi connectivity index (χ0n) is 10.8. The van der Waals surface area contributed by atoms with Crippen LogP contribution in [0.3, 0.4) is 0 Å². The number of nitrogens with two attached hydrogens (primary N) is 2. The van der Waals surface area contributed by atoms with Gasteiger partial charge in [-0.15, -0.1) is 0 Å². The topological polar surface area (TPSA) is 72.3 Å².